The van der Waals surface area contributed by atoms with Gasteiger partial charge in [0.1, 0.15) is 5.82 Å². The summed E-state index contributed by atoms with van der Waals surface area (Å²) < 4.78 is 13.7. The summed E-state index contributed by atoms with van der Waals surface area (Å²) in [7, 11) is 0. The number of carboxylic acids is 1. The van der Waals surface area contributed by atoms with Crippen molar-refractivity contribution in [3.05, 3.63) is 63.9 Å². The van der Waals surface area contributed by atoms with Gasteiger partial charge in [0, 0.05) is 12.2 Å². The highest BCUT2D eigenvalue weighted by atomic mass is 79.9. The third-order valence-electron chi connectivity index (χ3n) is 2.61. The summed E-state index contributed by atoms with van der Waals surface area (Å²) in [6.07, 6.45) is 0. The van der Waals surface area contributed by atoms with Crippen LogP contribution in [0.25, 0.3) is 0 Å². The van der Waals surface area contributed by atoms with Crippen LogP contribution in [-0.4, -0.2) is 11.1 Å². The Morgan fingerprint density at radius 3 is 2.47 bits per heavy atom. The number of nitrogens with one attached hydrogen (secondary N) is 1. The van der Waals surface area contributed by atoms with Gasteiger partial charge in [-0.3, -0.25) is 0 Å². The van der Waals surface area contributed by atoms with Crippen LogP contribution in [0.3, 0.4) is 0 Å². The molecular weight excluding hydrogens is 313 g/mol. The van der Waals surface area contributed by atoms with E-state index in [9.17, 15) is 9.18 Å². The van der Waals surface area contributed by atoms with E-state index < -0.39 is 5.97 Å². The number of anilines is 1. The van der Waals surface area contributed by atoms with Crippen LogP contribution in [0, 0.1) is 5.82 Å². The topological polar surface area (TPSA) is 49.3 Å². The van der Waals surface area contributed by atoms with Gasteiger partial charge in [-0.2, -0.15) is 0 Å². The zero-order valence-corrected chi connectivity index (χ0v) is 11.4. The fraction of sp³-hybridized carbons (Fsp3) is 0.0714. The zero-order chi connectivity index (χ0) is 13.8. The van der Waals surface area contributed by atoms with E-state index in [1.165, 1.54) is 18.2 Å². The van der Waals surface area contributed by atoms with Gasteiger partial charge in [-0.15, -0.1) is 0 Å². The van der Waals surface area contributed by atoms with E-state index in [4.69, 9.17) is 5.11 Å². The average molecular weight is 324 g/mol. The molecule has 5 heteroatoms. The number of aromatic carboxylic acids is 1. The van der Waals surface area contributed by atoms with Gasteiger partial charge in [-0.05, 0) is 57.9 Å². The van der Waals surface area contributed by atoms with Gasteiger partial charge in [0.15, 0.2) is 0 Å². The van der Waals surface area contributed by atoms with E-state index in [0.29, 0.717) is 11.0 Å². The minimum atomic E-state index is -0.957. The highest BCUT2D eigenvalue weighted by molar-refractivity contribution is 9.10. The summed E-state index contributed by atoms with van der Waals surface area (Å²) >= 11 is 3.10. The molecule has 19 heavy (non-hydrogen) atoms. The molecule has 0 saturated carbocycles. The molecule has 98 valence electrons. The highest BCUT2D eigenvalue weighted by Gasteiger charge is 2.03. The van der Waals surface area contributed by atoms with Gasteiger partial charge in [-0.25, -0.2) is 9.18 Å². The monoisotopic (exact) mass is 323 g/mol. The van der Waals surface area contributed by atoms with E-state index in [1.54, 1.807) is 18.2 Å². The Hall–Kier alpha value is -1.88. The van der Waals surface area contributed by atoms with Crippen LogP contribution in [-0.2, 0) is 6.54 Å². The van der Waals surface area contributed by atoms with Gasteiger partial charge in [0.2, 0.25) is 0 Å². The van der Waals surface area contributed by atoms with Crippen LogP contribution in [0.4, 0.5) is 10.1 Å². The third kappa shape index (κ3) is 3.54. The van der Waals surface area contributed by atoms with Crippen molar-refractivity contribution in [3.63, 3.8) is 0 Å². The van der Waals surface area contributed by atoms with Crippen molar-refractivity contribution in [1.29, 1.82) is 0 Å². The van der Waals surface area contributed by atoms with Crippen molar-refractivity contribution in [2.75, 3.05) is 5.32 Å². The molecule has 2 N–H and O–H groups in total. The molecule has 0 aliphatic heterocycles. The van der Waals surface area contributed by atoms with Crippen LogP contribution in [0.2, 0.25) is 0 Å². The Labute approximate surface area is 118 Å². The maximum atomic E-state index is 13.3. The fourth-order valence-corrected chi connectivity index (χ4v) is 1.83. The predicted molar refractivity (Wildman–Crippen MR) is 74.8 cm³/mol. The molecule has 2 aromatic carbocycles. The first-order chi connectivity index (χ1) is 9.06. The van der Waals surface area contributed by atoms with Gasteiger partial charge in [0.05, 0.1) is 10.0 Å². The highest BCUT2D eigenvalue weighted by Crippen LogP contribution is 2.17. The number of benzene rings is 2. The quantitative estimate of drug-likeness (QED) is 0.897. The van der Waals surface area contributed by atoms with Crippen molar-refractivity contribution in [2.24, 2.45) is 0 Å². The van der Waals surface area contributed by atoms with Crippen LogP contribution < -0.4 is 5.32 Å². The first-order valence-corrected chi connectivity index (χ1v) is 6.37. The number of hydrogen-bond acceptors (Lipinski definition) is 2. The summed E-state index contributed by atoms with van der Waals surface area (Å²) in [5.41, 5.74) is 1.83. The minimum absolute atomic E-state index is 0.236. The normalized spacial score (nSPS) is 10.2. The summed E-state index contributed by atoms with van der Waals surface area (Å²) in [6, 6.07) is 11.3. The van der Waals surface area contributed by atoms with Crippen LogP contribution in [0.1, 0.15) is 15.9 Å². The number of halogens is 2. The molecule has 0 saturated heterocycles. The van der Waals surface area contributed by atoms with Gasteiger partial charge < -0.3 is 10.4 Å². The van der Waals surface area contributed by atoms with E-state index in [1.807, 2.05) is 6.07 Å². The van der Waals surface area contributed by atoms with E-state index in [-0.39, 0.29) is 11.4 Å². The lowest BCUT2D eigenvalue weighted by Crippen LogP contribution is -2.01. The first-order valence-electron chi connectivity index (χ1n) is 5.57. The SMILES string of the molecule is O=C(O)c1ccc(NCc2ccc(Br)c(F)c2)cc1. The standard InChI is InChI=1S/C14H11BrFNO2/c15-12-6-1-9(7-13(12)16)8-17-11-4-2-10(3-5-11)14(18)19/h1-7,17H,8H2,(H,18,19). The maximum absolute atomic E-state index is 13.3. The van der Waals surface area contributed by atoms with Gasteiger partial charge in [0.25, 0.3) is 0 Å². The summed E-state index contributed by atoms with van der Waals surface area (Å²) in [6.45, 7) is 0.469. The molecule has 0 spiro atoms. The van der Waals surface area contributed by atoms with Crippen molar-refractivity contribution < 1.29 is 14.3 Å². The summed E-state index contributed by atoms with van der Waals surface area (Å²) in [5.74, 6) is -1.26. The molecular formula is C14H11BrFNO2. The summed E-state index contributed by atoms with van der Waals surface area (Å²) in [5, 5.41) is 11.9. The van der Waals surface area contributed by atoms with Crippen LogP contribution in [0.5, 0.6) is 0 Å². The smallest absolute Gasteiger partial charge is 0.335 e. The second kappa shape index (κ2) is 5.84. The third-order valence-corrected chi connectivity index (χ3v) is 3.26. The van der Waals surface area contributed by atoms with E-state index in [0.717, 1.165) is 11.3 Å². The molecule has 0 amide bonds. The number of hydrogen-bond donors (Lipinski definition) is 2. The molecule has 0 unspecified atom stereocenters. The van der Waals surface area contributed by atoms with Crippen LogP contribution in [0.15, 0.2) is 46.9 Å². The first kappa shape index (κ1) is 13.5. The Balaban J connectivity index is 2.01. The summed E-state index contributed by atoms with van der Waals surface area (Å²) in [4.78, 5) is 10.7. The largest absolute Gasteiger partial charge is 0.478 e. The predicted octanol–water partition coefficient (Wildman–Crippen LogP) is 3.90. The van der Waals surface area contributed by atoms with Gasteiger partial charge >= 0.3 is 5.97 Å². The van der Waals surface area contributed by atoms with Crippen molar-refractivity contribution in [3.8, 4) is 0 Å². The minimum Gasteiger partial charge on any atom is -0.478 e. The Morgan fingerprint density at radius 1 is 1.21 bits per heavy atom. The second-order valence-electron chi connectivity index (χ2n) is 3.98. The van der Waals surface area contributed by atoms with Crippen molar-refractivity contribution in [1.82, 2.24) is 0 Å². The number of rotatable bonds is 4. The van der Waals surface area contributed by atoms with Crippen LogP contribution >= 0.6 is 15.9 Å². The molecule has 0 aliphatic rings. The number of carbonyl (C=O) groups is 1. The lowest BCUT2D eigenvalue weighted by Gasteiger charge is -2.07. The molecule has 0 fully saturated rings. The van der Waals surface area contributed by atoms with E-state index >= 15 is 0 Å². The molecule has 0 bridgehead atoms. The number of carboxylic acid groups (broad SMARTS) is 1. The Morgan fingerprint density at radius 2 is 1.89 bits per heavy atom. The van der Waals surface area contributed by atoms with Gasteiger partial charge in [-0.1, -0.05) is 6.07 Å². The van der Waals surface area contributed by atoms with E-state index in [2.05, 4.69) is 21.2 Å². The molecule has 0 radical (unpaired) electrons. The molecule has 2 rings (SSSR count). The lowest BCUT2D eigenvalue weighted by atomic mass is 10.2. The Kier molecular flexibility index (Phi) is 4.16. The second-order valence-corrected chi connectivity index (χ2v) is 4.84. The fourth-order valence-electron chi connectivity index (χ4n) is 1.58. The zero-order valence-electron chi connectivity index (χ0n) is 9.86. The van der Waals surface area contributed by atoms with Crippen molar-refractivity contribution >= 4 is 27.6 Å². The lowest BCUT2D eigenvalue weighted by molar-refractivity contribution is 0.0697. The average Bonchev–Trinajstić information content (AvgIpc) is 2.40. The molecule has 0 aliphatic carbocycles. The molecule has 0 aromatic heterocycles. The molecule has 0 atom stereocenters. The van der Waals surface area contributed by atoms with Crippen molar-refractivity contribution in [2.45, 2.75) is 6.54 Å². The molecule has 0 heterocycles. The molecule has 2 aromatic rings. The Bertz CT molecular complexity index is 599. The maximum Gasteiger partial charge on any atom is 0.335 e. The molecule has 3 nitrogen and oxygen atoms in total.